The molecule has 1 aliphatic heterocycles. The lowest BCUT2D eigenvalue weighted by Gasteiger charge is -2.46. The summed E-state index contributed by atoms with van der Waals surface area (Å²) < 4.78 is 108. The fourth-order valence-corrected chi connectivity index (χ4v) is 5.21. The Labute approximate surface area is 230 Å². The number of oxime groups is 1. The minimum absolute atomic E-state index is 0.0168. The molecule has 0 aromatic heterocycles. The van der Waals surface area contributed by atoms with Crippen molar-refractivity contribution < 1.29 is 49.5 Å². The molecule has 2 amide bonds. The van der Waals surface area contributed by atoms with Crippen molar-refractivity contribution in [3.05, 3.63) is 81.4 Å². The molecular weight excluding hydrogens is 590 g/mol. The highest BCUT2D eigenvalue weighted by molar-refractivity contribution is 6.32. The highest BCUT2D eigenvalue weighted by Crippen LogP contribution is 2.65. The normalized spacial score (nSPS) is 19.3. The molecule has 1 aliphatic carbocycles. The van der Waals surface area contributed by atoms with Gasteiger partial charge in [-0.1, -0.05) is 47.1 Å². The first-order chi connectivity index (χ1) is 19.0. The second-order valence-corrected chi connectivity index (χ2v) is 9.77. The molecule has 0 bridgehead atoms. The first-order valence-electron chi connectivity index (χ1n) is 11.7. The second kappa shape index (κ2) is 9.57. The summed E-state index contributed by atoms with van der Waals surface area (Å²) in [7, 11) is 0. The number of hydrogen-bond donors (Lipinski definition) is 2. The monoisotopic (exact) mass is 605 g/mol. The molecule has 15 heteroatoms. The number of carbonyl (C=O) groups is 2. The zero-order chi connectivity index (χ0) is 30.0. The first-order valence-corrected chi connectivity index (χ1v) is 12.1. The standard InChI is InChI=1S/C26H16ClF8N3O3/c27-18-8-12(26(33,34)35)7-17-21(18)25(31,32)23(17)9-19(38-41-23)15-5-6-16(14-4-2-1-3-13(14)15)22(40)36-10-20(39)37-11-24(28,29)30/h1-8H,9-11H2,(H,36,40)(H,37,39). The van der Waals surface area contributed by atoms with Gasteiger partial charge >= 0.3 is 18.3 Å². The molecule has 1 spiro atoms. The van der Waals surface area contributed by atoms with Crippen LogP contribution in [0.5, 0.6) is 0 Å². The van der Waals surface area contributed by atoms with Crippen molar-refractivity contribution in [3.63, 3.8) is 0 Å². The van der Waals surface area contributed by atoms with E-state index < -0.39 is 76.9 Å². The van der Waals surface area contributed by atoms with Gasteiger partial charge in [-0.15, -0.1) is 0 Å². The maximum absolute atomic E-state index is 15.3. The molecule has 1 unspecified atom stereocenters. The van der Waals surface area contributed by atoms with Crippen molar-refractivity contribution in [1.82, 2.24) is 10.6 Å². The summed E-state index contributed by atoms with van der Waals surface area (Å²) in [6.07, 6.45) is -10.1. The van der Waals surface area contributed by atoms with Crippen molar-refractivity contribution >= 4 is 39.9 Å². The molecule has 2 N–H and O–H groups in total. The third kappa shape index (κ3) is 4.83. The number of fused-ring (bicyclic) bond motifs is 3. The van der Waals surface area contributed by atoms with Gasteiger partial charge in [0.15, 0.2) is 0 Å². The third-order valence-electron chi connectivity index (χ3n) is 6.78. The Balaban J connectivity index is 1.42. The number of nitrogens with one attached hydrogen (secondary N) is 2. The summed E-state index contributed by atoms with van der Waals surface area (Å²) >= 11 is 5.80. The van der Waals surface area contributed by atoms with E-state index in [1.54, 1.807) is 17.4 Å². The quantitative estimate of drug-likeness (QED) is 0.348. The van der Waals surface area contributed by atoms with Crippen LogP contribution in [0.1, 0.15) is 39.0 Å². The smallest absolute Gasteiger partial charge is 0.377 e. The van der Waals surface area contributed by atoms with Gasteiger partial charge in [0, 0.05) is 23.1 Å². The highest BCUT2D eigenvalue weighted by Gasteiger charge is 2.72. The van der Waals surface area contributed by atoms with Crippen LogP contribution in [0.4, 0.5) is 35.1 Å². The van der Waals surface area contributed by atoms with Crippen LogP contribution in [0.15, 0.2) is 53.7 Å². The summed E-state index contributed by atoms with van der Waals surface area (Å²) in [4.78, 5) is 29.6. The Hall–Kier alpha value is -3.94. The molecule has 0 fully saturated rings. The van der Waals surface area contributed by atoms with Gasteiger partial charge in [-0.3, -0.25) is 9.59 Å². The van der Waals surface area contributed by atoms with Crippen LogP contribution in [0.3, 0.4) is 0 Å². The van der Waals surface area contributed by atoms with Gasteiger partial charge in [0.25, 0.3) is 5.91 Å². The molecule has 3 aromatic rings. The van der Waals surface area contributed by atoms with E-state index in [9.17, 15) is 35.9 Å². The van der Waals surface area contributed by atoms with Gasteiger partial charge in [-0.05, 0) is 29.0 Å². The SMILES string of the molecule is O=C(CNC(=O)c1ccc(C2=NOC3(C2)c2cc(C(F)(F)F)cc(Cl)c2C3(F)F)c2ccccc12)NCC(F)(F)F. The Morgan fingerprint density at radius 1 is 0.976 bits per heavy atom. The molecule has 0 radical (unpaired) electrons. The molecule has 0 saturated carbocycles. The molecule has 216 valence electrons. The number of amides is 2. The summed E-state index contributed by atoms with van der Waals surface area (Å²) in [5.74, 6) is -5.64. The number of rotatable bonds is 5. The molecule has 5 rings (SSSR count). The van der Waals surface area contributed by atoms with Crippen LogP contribution in [-0.2, 0) is 27.3 Å². The van der Waals surface area contributed by atoms with E-state index in [0.29, 0.717) is 17.5 Å². The topological polar surface area (TPSA) is 79.8 Å². The first kappa shape index (κ1) is 28.6. The van der Waals surface area contributed by atoms with Crippen molar-refractivity contribution in [2.45, 2.75) is 30.3 Å². The number of hydrogen-bond acceptors (Lipinski definition) is 4. The van der Waals surface area contributed by atoms with Crippen LogP contribution >= 0.6 is 11.6 Å². The van der Waals surface area contributed by atoms with Gasteiger partial charge in [0.1, 0.15) is 6.54 Å². The van der Waals surface area contributed by atoms with Gasteiger partial charge in [-0.25, -0.2) is 0 Å². The minimum Gasteiger partial charge on any atom is -0.377 e. The fraction of sp³-hybridized carbons (Fsp3) is 0.269. The number of carbonyl (C=O) groups excluding carboxylic acids is 2. The van der Waals surface area contributed by atoms with Crippen LogP contribution in [0.25, 0.3) is 10.8 Å². The van der Waals surface area contributed by atoms with Gasteiger partial charge in [-0.2, -0.15) is 35.1 Å². The van der Waals surface area contributed by atoms with E-state index in [0.717, 1.165) is 0 Å². The lowest BCUT2D eigenvalue weighted by molar-refractivity contribution is -0.240. The van der Waals surface area contributed by atoms with Gasteiger partial charge < -0.3 is 15.5 Å². The average molecular weight is 606 g/mol. The molecule has 1 heterocycles. The minimum atomic E-state index is -4.85. The zero-order valence-corrected chi connectivity index (χ0v) is 21.1. The summed E-state index contributed by atoms with van der Waals surface area (Å²) in [6.45, 7) is -2.32. The third-order valence-corrected chi connectivity index (χ3v) is 7.08. The van der Waals surface area contributed by atoms with E-state index in [1.807, 2.05) is 0 Å². The predicted molar refractivity (Wildman–Crippen MR) is 130 cm³/mol. The Morgan fingerprint density at radius 2 is 1.66 bits per heavy atom. The number of halogens is 9. The Kier molecular flexibility index (Phi) is 6.67. The number of nitrogens with zero attached hydrogens (tertiary/aromatic N) is 1. The van der Waals surface area contributed by atoms with E-state index in [4.69, 9.17) is 16.4 Å². The van der Waals surface area contributed by atoms with E-state index in [2.05, 4.69) is 10.5 Å². The largest absolute Gasteiger partial charge is 0.416 e. The predicted octanol–water partition coefficient (Wildman–Crippen LogP) is 6.05. The van der Waals surface area contributed by atoms with E-state index in [1.165, 1.54) is 24.3 Å². The molecule has 3 aromatic carbocycles. The maximum Gasteiger partial charge on any atom is 0.416 e. The van der Waals surface area contributed by atoms with Crippen molar-refractivity contribution in [3.8, 4) is 0 Å². The average Bonchev–Trinajstić information content (AvgIpc) is 3.37. The molecule has 1 atom stereocenters. The molecule has 2 aliphatic rings. The van der Waals surface area contributed by atoms with Crippen molar-refractivity contribution in [2.75, 3.05) is 13.1 Å². The van der Waals surface area contributed by atoms with Crippen LogP contribution < -0.4 is 10.6 Å². The van der Waals surface area contributed by atoms with Crippen LogP contribution in [0, 0.1) is 0 Å². The molecule has 0 saturated heterocycles. The maximum atomic E-state index is 15.3. The van der Waals surface area contributed by atoms with Crippen LogP contribution in [0.2, 0.25) is 5.02 Å². The molecular formula is C26H16ClF8N3O3. The number of alkyl halides is 8. The molecule has 41 heavy (non-hydrogen) atoms. The zero-order valence-electron chi connectivity index (χ0n) is 20.3. The second-order valence-electron chi connectivity index (χ2n) is 9.37. The molecule has 6 nitrogen and oxygen atoms in total. The lowest BCUT2D eigenvalue weighted by atomic mass is 9.66. The van der Waals surface area contributed by atoms with Crippen LogP contribution in [-0.4, -0.2) is 36.8 Å². The highest BCUT2D eigenvalue weighted by atomic mass is 35.5. The fourth-order valence-electron chi connectivity index (χ4n) is 4.87. The summed E-state index contributed by atoms with van der Waals surface area (Å²) in [5.41, 5.74) is -4.73. The lowest BCUT2D eigenvalue weighted by Crippen LogP contribution is -2.54. The van der Waals surface area contributed by atoms with E-state index in [-0.39, 0.29) is 22.2 Å². The van der Waals surface area contributed by atoms with Gasteiger partial charge in [0.05, 0.1) is 28.4 Å². The van der Waals surface area contributed by atoms with Crippen molar-refractivity contribution in [1.29, 1.82) is 0 Å². The number of benzene rings is 3. The van der Waals surface area contributed by atoms with Gasteiger partial charge in [0.2, 0.25) is 11.5 Å². The summed E-state index contributed by atoms with van der Waals surface area (Å²) in [5, 5.41) is 7.49. The summed E-state index contributed by atoms with van der Waals surface area (Å²) in [6, 6.07) is 9.82. The Morgan fingerprint density at radius 3 is 2.32 bits per heavy atom. The Bertz CT molecular complexity index is 1620. The van der Waals surface area contributed by atoms with E-state index >= 15 is 8.78 Å². The van der Waals surface area contributed by atoms with Crippen molar-refractivity contribution in [2.24, 2.45) is 5.16 Å².